The fourth-order valence-corrected chi connectivity index (χ4v) is 1.03. The quantitative estimate of drug-likeness (QED) is 0.585. The number of rotatable bonds is 2. The van der Waals surface area contributed by atoms with Gasteiger partial charge in [-0.3, -0.25) is 4.57 Å². The van der Waals surface area contributed by atoms with Crippen LogP contribution in [0.15, 0.2) is 10.8 Å². The molecule has 2 N–H and O–H groups in total. The summed E-state index contributed by atoms with van der Waals surface area (Å²) in [6.45, 7) is 0. The minimum absolute atomic E-state index is 0.160. The smallest absolute Gasteiger partial charge is 0.324 e. The molecule has 0 spiro atoms. The Hall–Kier alpha value is -0.710. The Kier molecular flexibility index (Phi) is 1.85. The average Bonchev–Trinajstić information content (AvgIpc) is 2.12. The topological polar surface area (TPSA) is 96.5 Å². The van der Waals surface area contributed by atoms with Gasteiger partial charge in [-0.05, 0) is 0 Å². The molecule has 0 atom stereocenters. The van der Waals surface area contributed by atoms with Crippen molar-refractivity contribution in [2.24, 2.45) is 0 Å². The predicted octanol–water partition coefficient (Wildman–Crippen LogP) is -0.253. The van der Waals surface area contributed by atoms with E-state index in [4.69, 9.17) is 9.79 Å². The molecule has 1 heterocycles. The molecule has 6 nitrogen and oxygen atoms in total. The molecule has 1 aromatic rings. The molecule has 0 fully saturated rings. The summed E-state index contributed by atoms with van der Waals surface area (Å²) in [6.07, 6.45) is 0.746. The van der Waals surface area contributed by atoms with Gasteiger partial charge in [0.15, 0.2) is 0 Å². The van der Waals surface area contributed by atoms with E-state index in [0.717, 1.165) is 0 Å². The SMILES string of the molecule is O=P(O)(O)Cc1cnon1. The number of aromatic nitrogens is 2. The Labute approximate surface area is 56.0 Å². The molecule has 0 amide bonds. The molecule has 56 valence electrons. The third-order valence-electron chi connectivity index (χ3n) is 0.775. The first-order valence-electron chi connectivity index (χ1n) is 2.39. The number of hydrogen-bond donors (Lipinski definition) is 2. The molecule has 0 radical (unpaired) electrons. The molecule has 1 aromatic heterocycles. The average molecular weight is 164 g/mol. The highest BCUT2D eigenvalue weighted by atomic mass is 31.2. The Morgan fingerprint density at radius 3 is 2.80 bits per heavy atom. The van der Waals surface area contributed by atoms with Gasteiger partial charge in [0, 0.05) is 0 Å². The van der Waals surface area contributed by atoms with Gasteiger partial charge in [0.1, 0.15) is 5.69 Å². The third-order valence-corrected chi connectivity index (χ3v) is 1.51. The van der Waals surface area contributed by atoms with E-state index in [1.807, 2.05) is 0 Å². The van der Waals surface area contributed by atoms with Crippen molar-refractivity contribution in [1.29, 1.82) is 0 Å². The zero-order valence-electron chi connectivity index (χ0n) is 4.84. The van der Waals surface area contributed by atoms with Gasteiger partial charge < -0.3 is 9.79 Å². The number of hydrogen-bond acceptors (Lipinski definition) is 4. The summed E-state index contributed by atoms with van der Waals surface area (Å²) >= 11 is 0. The molecule has 7 heteroatoms. The van der Waals surface area contributed by atoms with Crippen LogP contribution in [0.5, 0.6) is 0 Å². The van der Waals surface area contributed by atoms with E-state index in [1.165, 1.54) is 6.20 Å². The fraction of sp³-hybridized carbons (Fsp3) is 0.333. The van der Waals surface area contributed by atoms with Crippen LogP contribution in [-0.2, 0) is 10.7 Å². The second-order valence-electron chi connectivity index (χ2n) is 1.72. The summed E-state index contributed by atoms with van der Waals surface area (Å²) < 4.78 is 14.4. The van der Waals surface area contributed by atoms with E-state index in [2.05, 4.69) is 14.9 Å². The molecule has 0 saturated heterocycles. The standard InChI is InChI=1S/C3H5N2O4P/c6-10(7,8)2-3-1-4-9-5-3/h1H,2H2,(H2,6,7,8). The molecule has 1 rings (SSSR count). The largest absolute Gasteiger partial charge is 0.331 e. The Morgan fingerprint density at radius 2 is 2.40 bits per heavy atom. The summed E-state index contributed by atoms with van der Waals surface area (Å²) in [5, 5.41) is 6.40. The zero-order chi connectivity index (χ0) is 7.61. The maximum absolute atomic E-state index is 10.3. The Balaban J connectivity index is 2.66. The van der Waals surface area contributed by atoms with E-state index in [9.17, 15) is 4.57 Å². The van der Waals surface area contributed by atoms with Crippen LogP contribution in [0.2, 0.25) is 0 Å². The predicted molar refractivity (Wildman–Crippen MR) is 30.0 cm³/mol. The third kappa shape index (κ3) is 2.26. The maximum Gasteiger partial charge on any atom is 0.331 e. The van der Waals surface area contributed by atoms with Gasteiger partial charge in [0.25, 0.3) is 0 Å². The van der Waals surface area contributed by atoms with Crippen LogP contribution >= 0.6 is 7.60 Å². The summed E-state index contributed by atoms with van der Waals surface area (Å²) in [6, 6.07) is 0. The van der Waals surface area contributed by atoms with Crippen molar-refractivity contribution in [2.45, 2.75) is 6.16 Å². The molecule has 0 bridgehead atoms. The van der Waals surface area contributed by atoms with Crippen molar-refractivity contribution >= 4 is 7.60 Å². The van der Waals surface area contributed by atoms with E-state index in [-0.39, 0.29) is 5.69 Å². The van der Waals surface area contributed by atoms with E-state index in [0.29, 0.717) is 0 Å². The summed E-state index contributed by atoms with van der Waals surface area (Å²) in [5.41, 5.74) is 0.160. The molecule has 0 aromatic carbocycles. The minimum Gasteiger partial charge on any atom is -0.324 e. The van der Waals surface area contributed by atoms with Crippen molar-refractivity contribution in [3.05, 3.63) is 11.9 Å². The zero-order valence-corrected chi connectivity index (χ0v) is 5.73. The van der Waals surface area contributed by atoms with Crippen molar-refractivity contribution in [2.75, 3.05) is 0 Å². The molecule has 0 unspecified atom stereocenters. The van der Waals surface area contributed by atoms with Gasteiger partial charge in [0.05, 0.1) is 12.4 Å². The molecule has 10 heavy (non-hydrogen) atoms. The minimum atomic E-state index is -4.02. The molecule has 0 aliphatic heterocycles. The summed E-state index contributed by atoms with van der Waals surface area (Å²) in [5.74, 6) is 0. The van der Waals surface area contributed by atoms with Gasteiger partial charge in [-0.25, -0.2) is 4.63 Å². The maximum atomic E-state index is 10.3. The lowest BCUT2D eigenvalue weighted by atomic mass is 10.6. The van der Waals surface area contributed by atoms with Gasteiger partial charge >= 0.3 is 7.60 Å². The van der Waals surface area contributed by atoms with E-state index < -0.39 is 13.8 Å². The van der Waals surface area contributed by atoms with Crippen molar-refractivity contribution in [3.63, 3.8) is 0 Å². The van der Waals surface area contributed by atoms with Gasteiger partial charge in [-0.2, -0.15) is 0 Å². The van der Waals surface area contributed by atoms with Crippen molar-refractivity contribution in [1.82, 2.24) is 10.3 Å². The van der Waals surface area contributed by atoms with Crippen LogP contribution in [0.4, 0.5) is 0 Å². The van der Waals surface area contributed by atoms with Crippen LogP contribution in [0.25, 0.3) is 0 Å². The fourth-order valence-electron chi connectivity index (χ4n) is 0.465. The Morgan fingerprint density at radius 1 is 1.70 bits per heavy atom. The highest BCUT2D eigenvalue weighted by Gasteiger charge is 2.15. The second-order valence-corrected chi connectivity index (χ2v) is 3.37. The van der Waals surface area contributed by atoms with Gasteiger partial charge in [0.2, 0.25) is 0 Å². The molecule has 0 aliphatic carbocycles. The summed E-state index contributed by atoms with van der Waals surface area (Å²) in [4.78, 5) is 16.8. The summed E-state index contributed by atoms with van der Waals surface area (Å²) in [7, 11) is -4.02. The first-order chi connectivity index (χ1) is 4.58. The van der Waals surface area contributed by atoms with Crippen LogP contribution in [0.1, 0.15) is 5.69 Å². The first-order valence-corrected chi connectivity index (χ1v) is 4.19. The second kappa shape index (κ2) is 2.49. The van der Waals surface area contributed by atoms with Crippen molar-refractivity contribution < 1.29 is 19.0 Å². The highest BCUT2D eigenvalue weighted by Crippen LogP contribution is 2.38. The molecular weight excluding hydrogens is 159 g/mol. The lowest BCUT2D eigenvalue weighted by Crippen LogP contribution is -1.85. The van der Waals surface area contributed by atoms with E-state index in [1.54, 1.807) is 0 Å². The normalized spacial score (nSPS) is 11.8. The lowest BCUT2D eigenvalue weighted by Gasteiger charge is -1.96. The van der Waals surface area contributed by atoms with Gasteiger partial charge in [-0.15, -0.1) is 0 Å². The Bertz CT molecular complexity index is 239. The molecule has 0 saturated carbocycles. The first kappa shape index (κ1) is 7.40. The van der Waals surface area contributed by atoms with Crippen LogP contribution in [0, 0.1) is 0 Å². The van der Waals surface area contributed by atoms with E-state index >= 15 is 0 Å². The van der Waals surface area contributed by atoms with Crippen LogP contribution in [0.3, 0.4) is 0 Å². The molecular formula is C3H5N2O4P. The van der Waals surface area contributed by atoms with Crippen LogP contribution < -0.4 is 0 Å². The lowest BCUT2D eigenvalue weighted by molar-refractivity contribution is 0.302. The van der Waals surface area contributed by atoms with Crippen molar-refractivity contribution in [3.8, 4) is 0 Å². The molecule has 0 aliphatic rings. The number of nitrogens with zero attached hydrogens (tertiary/aromatic N) is 2. The highest BCUT2D eigenvalue weighted by molar-refractivity contribution is 7.50. The van der Waals surface area contributed by atoms with Crippen LogP contribution in [-0.4, -0.2) is 20.1 Å². The van der Waals surface area contributed by atoms with Gasteiger partial charge in [-0.1, -0.05) is 10.3 Å². The monoisotopic (exact) mass is 164 g/mol.